The summed E-state index contributed by atoms with van der Waals surface area (Å²) in [5.41, 5.74) is 2.05. The van der Waals surface area contributed by atoms with Gasteiger partial charge < -0.3 is 14.3 Å². The van der Waals surface area contributed by atoms with Gasteiger partial charge in [0.25, 0.3) is 5.91 Å². The summed E-state index contributed by atoms with van der Waals surface area (Å²) in [7, 11) is 0. The normalized spacial score (nSPS) is 10.8. The number of hydrogen-bond acceptors (Lipinski definition) is 5. The highest BCUT2D eigenvalue weighted by Gasteiger charge is 2.11. The average Bonchev–Trinajstić information content (AvgIpc) is 3.04. The zero-order valence-electron chi connectivity index (χ0n) is 12.6. The van der Waals surface area contributed by atoms with Crippen LogP contribution in [0.25, 0.3) is 0 Å². The second-order valence-corrected chi connectivity index (χ2v) is 5.73. The zero-order valence-corrected chi connectivity index (χ0v) is 13.4. The molecule has 0 spiro atoms. The van der Waals surface area contributed by atoms with E-state index < -0.39 is 0 Å². The highest BCUT2D eigenvalue weighted by Crippen LogP contribution is 2.15. The van der Waals surface area contributed by atoms with Gasteiger partial charge in [0.15, 0.2) is 5.76 Å². The number of carbonyl (C=O) groups excluding carboxylic acids is 1. The second kappa shape index (κ2) is 7.36. The molecule has 5 nitrogen and oxygen atoms in total. The predicted octanol–water partition coefficient (Wildman–Crippen LogP) is 3.11. The molecule has 0 unspecified atom stereocenters. The Hall–Kier alpha value is -1.69. The first-order chi connectivity index (χ1) is 10.1. The summed E-state index contributed by atoms with van der Waals surface area (Å²) in [6, 6.07) is 3.56. The number of aromatic nitrogens is 1. The SMILES string of the molecule is CSCc1ccc(C(=O)NCCCc2c(C)noc2C)o1. The van der Waals surface area contributed by atoms with Gasteiger partial charge in [0.2, 0.25) is 0 Å². The van der Waals surface area contributed by atoms with E-state index in [1.165, 1.54) is 0 Å². The molecule has 0 fully saturated rings. The topological polar surface area (TPSA) is 68.3 Å². The maximum Gasteiger partial charge on any atom is 0.286 e. The van der Waals surface area contributed by atoms with Gasteiger partial charge in [0.1, 0.15) is 11.5 Å². The Kier molecular flexibility index (Phi) is 5.50. The second-order valence-electron chi connectivity index (χ2n) is 4.86. The molecule has 0 radical (unpaired) electrons. The van der Waals surface area contributed by atoms with Crippen LogP contribution in [-0.2, 0) is 12.2 Å². The standard InChI is InChI=1S/C15H20N2O3S/c1-10-13(11(2)20-17-10)5-4-8-16-15(18)14-7-6-12(19-14)9-21-3/h6-7H,4-5,8-9H2,1-3H3,(H,16,18). The molecule has 0 atom stereocenters. The molecule has 0 aliphatic rings. The molecule has 0 saturated carbocycles. The Labute approximate surface area is 128 Å². The van der Waals surface area contributed by atoms with Crippen molar-refractivity contribution in [3.63, 3.8) is 0 Å². The van der Waals surface area contributed by atoms with Gasteiger partial charge >= 0.3 is 0 Å². The van der Waals surface area contributed by atoms with E-state index in [1.54, 1.807) is 17.8 Å². The summed E-state index contributed by atoms with van der Waals surface area (Å²) in [4.78, 5) is 11.9. The van der Waals surface area contributed by atoms with Crippen LogP contribution >= 0.6 is 11.8 Å². The number of nitrogens with zero attached hydrogens (tertiary/aromatic N) is 1. The first-order valence-corrected chi connectivity index (χ1v) is 8.28. The van der Waals surface area contributed by atoms with Gasteiger partial charge in [0.05, 0.1) is 11.4 Å². The summed E-state index contributed by atoms with van der Waals surface area (Å²) in [5.74, 6) is 2.66. The lowest BCUT2D eigenvalue weighted by atomic mass is 10.1. The fourth-order valence-electron chi connectivity index (χ4n) is 2.13. The van der Waals surface area contributed by atoms with Gasteiger partial charge in [-0.15, -0.1) is 0 Å². The molecular formula is C15H20N2O3S. The van der Waals surface area contributed by atoms with E-state index >= 15 is 0 Å². The van der Waals surface area contributed by atoms with E-state index in [2.05, 4.69) is 10.5 Å². The van der Waals surface area contributed by atoms with Crippen molar-refractivity contribution in [2.75, 3.05) is 12.8 Å². The first-order valence-electron chi connectivity index (χ1n) is 6.89. The van der Waals surface area contributed by atoms with Crippen molar-refractivity contribution in [2.45, 2.75) is 32.4 Å². The number of hydrogen-bond donors (Lipinski definition) is 1. The Morgan fingerprint density at radius 1 is 1.38 bits per heavy atom. The Balaban J connectivity index is 1.76. The van der Waals surface area contributed by atoms with Gasteiger partial charge in [-0.05, 0) is 45.1 Å². The number of nitrogens with one attached hydrogen (secondary N) is 1. The molecule has 0 aliphatic heterocycles. The van der Waals surface area contributed by atoms with Crippen LogP contribution in [0.3, 0.4) is 0 Å². The third kappa shape index (κ3) is 4.14. The molecule has 2 rings (SSSR count). The van der Waals surface area contributed by atoms with E-state index in [-0.39, 0.29) is 5.91 Å². The van der Waals surface area contributed by atoms with Gasteiger partial charge in [0, 0.05) is 12.1 Å². The van der Waals surface area contributed by atoms with Gasteiger partial charge in [-0.3, -0.25) is 4.79 Å². The van der Waals surface area contributed by atoms with Gasteiger partial charge in [-0.25, -0.2) is 0 Å². The lowest BCUT2D eigenvalue weighted by Crippen LogP contribution is -2.24. The lowest BCUT2D eigenvalue weighted by molar-refractivity contribution is 0.0924. The molecular weight excluding hydrogens is 288 g/mol. The van der Waals surface area contributed by atoms with Crippen LogP contribution in [-0.4, -0.2) is 23.9 Å². The third-order valence-electron chi connectivity index (χ3n) is 3.24. The fourth-order valence-corrected chi connectivity index (χ4v) is 2.57. The van der Waals surface area contributed by atoms with Crippen LogP contribution < -0.4 is 5.32 Å². The number of carbonyl (C=O) groups is 1. The van der Waals surface area contributed by atoms with Crippen molar-refractivity contribution < 1.29 is 13.7 Å². The fraction of sp³-hybridized carbons (Fsp3) is 0.467. The largest absolute Gasteiger partial charge is 0.455 e. The van der Waals surface area contributed by atoms with Crippen molar-refractivity contribution in [1.82, 2.24) is 10.5 Å². The predicted molar refractivity (Wildman–Crippen MR) is 82.6 cm³/mol. The molecule has 6 heteroatoms. The van der Waals surface area contributed by atoms with Crippen LogP contribution in [0, 0.1) is 13.8 Å². The summed E-state index contributed by atoms with van der Waals surface area (Å²) in [6.07, 6.45) is 3.68. The van der Waals surface area contributed by atoms with E-state index in [1.807, 2.05) is 26.2 Å². The van der Waals surface area contributed by atoms with Gasteiger partial charge in [-0.1, -0.05) is 5.16 Å². The number of thioether (sulfide) groups is 1. The van der Waals surface area contributed by atoms with Crippen molar-refractivity contribution in [3.8, 4) is 0 Å². The maximum atomic E-state index is 11.9. The van der Waals surface area contributed by atoms with Crippen molar-refractivity contribution >= 4 is 17.7 Å². The van der Waals surface area contributed by atoms with Crippen LogP contribution in [0.2, 0.25) is 0 Å². The summed E-state index contributed by atoms with van der Waals surface area (Å²) >= 11 is 1.66. The smallest absolute Gasteiger partial charge is 0.286 e. The van der Waals surface area contributed by atoms with Crippen LogP contribution in [0.5, 0.6) is 0 Å². The zero-order chi connectivity index (χ0) is 15.2. The van der Waals surface area contributed by atoms with Crippen LogP contribution in [0.15, 0.2) is 21.1 Å². The number of furan rings is 1. The van der Waals surface area contributed by atoms with Crippen molar-refractivity contribution in [2.24, 2.45) is 0 Å². The van der Waals surface area contributed by atoms with E-state index in [4.69, 9.17) is 8.94 Å². The summed E-state index contributed by atoms with van der Waals surface area (Å²) in [5, 5.41) is 6.78. The Morgan fingerprint density at radius 3 is 2.86 bits per heavy atom. The highest BCUT2D eigenvalue weighted by atomic mass is 32.2. The summed E-state index contributed by atoms with van der Waals surface area (Å²) in [6.45, 7) is 4.44. The molecule has 2 aromatic heterocycles. The van der Waals surface area contributed by atoms with Gasteiger partial charge in [-0.2, -0.15) is 11.8 Å². The maximum absolute atomic E-state index is 11.9. The molecule has 1 amide bonds. The number of amides is 1. The summed E-state index contributed by atoms with van der Waals surface area (Å²) < 4.78 is 10.6. The Morgan fingerprint density at radius 2 is 2.19 bits per heavy atom. The molecule has 21 heavy (non-hydrogen) atoms. The first kappa shape index (κ1) is 15.7. The van der Waals surface area contributed by atoms with E-state index in [9.17, 15) is 4.79 Å². The molecule has 2 heterocycles. The third-order valence-corrected chi connectivity index (χ3v) is 3.82. The molecule has 0 saturated heterocycles. The van der Waals surface area contributed by atoms with Crippen LogP contribution in [0.1, 0.15) is 39.8 Å². The average molecular weight is 308 g/mol. The van der Waals surface area contributed by atoms with Crippen LogP contribution in [0.4, 0.5) is 0 Å². The molecule has 0 aliphatic carbocycles. The molecule has 1 N–H and O–H groups in total. The van der Waals surface area contributed by atoms with Crippen molar-refractivity contribution in [3.05, 3.63) is 40.7 Å². The molecule has 2 aromatic rings. The monoisotopic (exact) mass is 308 g/mol. The quantitative estimate of drug-likeness (QED) is 0.796. The molecule has 0 bridgehead atoms. The number of aryl methyl sites for hydroxylation is 2. The minimum atomic E-state index is -0.166. The molecule has 0 aromatic carbocycles. The van der Waals surface area contributed by atoms with E-state index in [0.717, 1.165) is 41.4 Å². The minimum absolute atomic E-state index is 0.166. The number of rotatable bonds is 7. The highest BCUT2D eigenvalue weighted by molar-refractivity contribution is 7.97. The minimum Gasteiger partial charge on any atom is -0.455 e. The van der Waals surface area contributed by atoms with E-state index in [0.29, 0.717) is 12.3 Å². The lowest BCUT2D eigenvalue weighted by Gasteiger charge is -2.03. The Bertz CT molecular complexity index is 584. The molecule has 114 valence electrons. The van der Waals surface area contributed by atoms with Crippen molar-refractivity contribution in [1.29, 1.82) is 0 Å².